The smallest absolute Gasteiger partial charge is 0.223 e. The highest BCUT2D eigenvalue weighted by Crippen LogP contribution is 2.27. The second kappa shape index (κ2) is 6.71. The standard InChI is InChI=1S/C15H28N2O2/c1-3-15(2)12-13(7-11-19-15)16-8-6-14(18)17-9-4-5-10-17/h13,16H,3-12H2,1-2H3. The summed E-state index contributed by atoms with van der Waals surface area (Å²) in [5, 5.41) is 3.54. The number of nitrogens with zero attached hydrogens (tertiary/aromatic N) is 1. The molecule has 4 heteroatoms. The molecule has 0 bridgehead atoms. The Bertz CT molecular complexity index is 303. The summed E-state index contributed by atoms with van der Waals surface area (Å²) in [7, 11) is 0. The zero-order valence-electron chi connectivity index (χ0n) is 12.4. The number of nitrogens with one attached hydrogen (secondary N) is 1. The summed E-state index contributed by atoms with van der Waals surface area (Å²) < 4.78 is 5.84. The number of ether oxygens (including phenoxy) is 1. The molecule has 0 radical (unpaired) electrons. The molecule has 2 aliphatic rings. The van der Waals surface area contributed by atoms with E-state index in [4.69, 9.17) is 4.74 Å². The number of hydrogen-bond acceptors (Lipinski definition) is 3. The van der Waals surface area contributed by atoms with Crippen molar-refractivity contribution in [3.63, 3.8) is 0 Å². The second-order valence-electron chi connectivity index (χ2n) is 6.13. The van der Waals surface area contributed by atoms with E-state index >= 15 is 0 Å². The molecule has 1 N–H and O–H groups in total. The molecule has 2 rings (SSSR count). The SMILES string of the molecule is CCC1(C)CC(NCCC(=O)N2CCCC2)CCO1. The Kier molecular flexibility index (Phi) is 5.22. The van der Waals surface area contributed by atoms with Crippen molar-refractivity contribution in [3.05, 3.63) is 0 Å². The van der Waals surface area contributed by atoms with Gasteiger partial charge in [-0.15, -0.1) is 0 Å². The molecular formula is C15H28N2O2. The maximum atomic E-state index is 11.9. The zero-order chi connectivity index (χ0) is 13.7. The van der Waals surface area contributed by atoms with Gasteiger partial charge >= 0.3 is 0 Å². The van der Waals surface area contributed by atoms with E-state index in [9.17, 15) is 4.79 Å². The maximum Gasteiger partial charge on any atom is 0.223 e. The van der Waals surface area contributed by atoms with Crippen molar-refractivity contribution in [3.8, 4) is 0 Å². The van der Waals surface area contributed by atoms with Gasteiger partial charge in [-0.05, 0) is 39.0 Å². The van der Waals surface area contributed by atoms with Crippen molar-refractivity contribution in [1.82, 2.24) is 10.2 Å². The summed E-state index contributed by atoms with van der Waals surface area (Å²) in [6.45, 7) is 7.94. The highest BCUT2D eigenvalue weighted by Gasteiger charge is 2.31. The molecule has 0 spiro atoms. The van der Waals surface area contributed by atoms with Gasteiger partial charge in [0.2, 0.25) is 5.91 Å². The Balaban J connectivity index is 1.66. The molecule has 110 valence electrons. The fourth-order valence-electron chi connectivity index (χ4n) is 3.06. The minimum absolute atomic E-state index is 0.0227. The van der Waals surface area contributed by atoms with Crippen molar-refractivity contribution < 1.29 is 9.53 Å². The maximum absolute atomic E-state index is 11.9. The molecule has 19 heavy (non-hydrogen) atoms. The third kappa shape index (κ3) is 4.18. The fraction of sp³-hybridized carbons (Fsp3) is 0.933. The molecule has 2 heterocycles. The van der Waals surface area contributed by atoms with Gasteiger partial charge in [0.15, 0.2) is 0 Å². The largest absolute Gasteiger partial charge is 0.375 e. The lowest BCUT2D eigenvalue weighted by atomic mass is 9.90. The van der Waals surface area contributed by atoms with Gasteiger partial charge in [-0.2, -0.15) is 0 Å². The number of hydrogen-bond donors (Lipinski definition) is 1. The quantitative estimate of drug-likeness (QED) is 0.828. The van der Waals surface area contributed by atoms with Crippen molar-refractivity contribution in [2.75, 3.05) is 26.2 Å². The number of carbonyl (C=O) groups excluding carboxylic acids is 1. The van der Waals surface area contributed by atoms with Crippen LogP contribution in [0.15, 0.2) is 0 Å². The third-order valence-corrected chi connectivity index (χ3v) is 4.57. The molecular weight excluding hydrogens is 240 g/mol. The molecule has 2 atom stereocenters. The Hall–Kier alpha value is -0.610. The first-order chi connectivity index (χ1) is 9.13. The first-order valence-electron chi connectivity index (χ1n) is 7.78. The van der Waals surface area contributed by atoms with Crippen LogP contribution in [0.4, 0.5) is 0 Å². The Morgan fingerprint density at radius 3 is 2.84 bits per heavy atom. The molecule has 2 fully saturated rings. The van der Waals surface area contributed by atoms with Crippen LogP contribution < -0.4 is 5.32 Å². The summed E-state index contributed by atoms with van der Waals surface area (Å²) in [6.07, 6.45) is 6.16. The topological polar surface area (TPSA) is 41.6 Å². The van der Waals surface area contributed by atoms with Crippen LogP contribution in [0.5, 0.6) is 0 Å². The van der Waals surface area contributed by atoms with Crippen LogP contribution >= 0.6 is 0 Å². The van der Waals surface area contributed by atoms with E-state index in [-0.39, 0.29) is 5.60 Å². The molecule has 0 aromatic carbocycles. The van der Waals surface area contributed by atoms with Crippen LogP contribution in [0.1, 0.15) is 52.4 Å². The Labute approximate surface area is 116 Å². The van der Waals surface area contributed by atoms with E-state index < -0.39 is 0 Å². The highest BCUT2D eigenvalue weighted by atomic mass is 16.5. The van der Waals surface area contributed by atoms with Gasteiger partial charge in [-0.3, -0.25) is 4.79 Å². The van der Waals surface area contributed by atoms with Gasteiger partial charge in [0, 0.05) is 38.7 Å². The third-order valence-electron chi connectivity index (χ3n) is 4.57. The monoisotopic (exact) mass is 268 g/mol. The summed E-state index contributed by atoms with van der Waals surface area (Å²) >= 11 is 0. The number of rotatable bonds is 5. The van der Waals surface area contributed by atoms with E-state index in [1.54, 1.807) is 0 Å². The van der Waals surface area contributed by atoms with Crippen molar-refractivity contribution in [1.29, 1.82) is 0 Å². The van der Waals surface area contributed by atoms with Crippen LogP contribution in [0.3, 0.4) is 0 Å². The van der Waals surface area contributed by atoms with Crippen molar-refractivity contribution in [2.45, 2.75) is 64.0 Å². The predicted molar refractivity (Wildman–Crippen MR) is 76.1 cm³/mol. The Morgan fingerprint density at radius 1 is 1.42 bits per heavy atom. The van der Waals surface area contributed by atoms with Gasteiger partial charge < -0.3 is 15.0 Å². The van der Waals surface area contributed by atoms with Gasteiger partial charge in [-0.1, -0.05) is 6.92 Å². The summed E-state index contributed by atoms with van der Waals surface area (Å²) in [5.41, 5.74) is 0.0227. The van der Waals surface area contributed by atoms with E-state index in [0.29, 0.717) is 18.4 Å². The minimum atomic E-state index is 0.0227. The molecule has 1 amide bonds. The molecule has 2 unspecified atom stereocenters. The van der Waals surface area contributed by atoms with Crippen LogP contribution in [-0.4, -0.2) is 48.7 Å². The van der Waals surface area contributed by atoms with E-state index in [1.807, 2.05) is 4.90 Å². The Morgan fingerprint density at radius 2 is 2.16 bits per heavy atom. The number of amides is 1. The molecule has 4 nitrogen and oxygen atoms in total. The van der Waals surface area contributed by atoms with Crippen LogP contribution in [0, 0.1) is 0 Å². The van der Waals surface area contributed by atoms with E-state index in [1.165, 1.54) is 12.8 Å². The molecule has 2 saturated heterocycles. The minimum Gasteiger partial charge on any atom is -0.375 e. The lowest BCUT2D eigenvalue weighted by molar-refractivity contribution is -0.130. The van der Waals surface area contributed by atoms with Crippen LogP contribution in [0.25, 0.3) is 0 Å². The van der Waals surface area contributed by atoms with Crippen LogP contribution in [-0.2, 0) is 9.53 Å². The fourth-order valence-corrected chi connectivity index (χ4v) is 3.06. The average Bonchev–Trinajstić information content (AvgIpc) is 2.93. The summed E-state index contributed by atoms with van der Waals surface area (Å²) in [4.78, 5) is 13.9. The highest BCUT2D eigenvalue weighted by molar-refractivity contribution is 5.76. The van der Waals surface area contributed by atoms with Gasteiger partial charge in [-0.25, -0.2) is 0 Å². The van der Waals surface area contributed by atoms with Crippen LogP contribution in [0.2, 0.25) is 0 Å². The second-order valence-corrected chi connectivity index (χ2v) is 6.13. The van der Waals surface area contributed by atoms with Crippen molar-refractivity contribution in [2.24, 2.45) is 0 Å². The normalized spacial score (nSPS) is 31.7. The van der Waals surface area contributed by atoms with E-state index in [0.717, 1.165) is 45.5 Å². The molecule has 2 aliphatic heterocycles. The van der Waals surface area contributed by atoms with Crippen molar-refractivity contribution >= 4 is 5.91 Å². The van der Waals surface area contributed by atoms with Gasteiger partial charge in [0.05, 0.1) is 5.60 Å². The lowest BCUT2D eigenvalue weighted by Crippen LogP contribution is -2.45. The van der Waals surface area contributed by atoms with E-state index in [2.05, 4.69) is 19.2 Å². The molecule has 0 aromatic heterocycles. The zero-order valence-corrected chi connectivity index (χ0v) is 12.4. The lowest BCUT2D eigenvalue weighted by Gasteiger charge is -2.38. The molecule has 0 aliphatic carbocycles. The number of carbonyl (C=O) groups is 1. The average molecular weight is 268 g/mol. The first kappa shape index (κ1) is 14.8. The first-order valence-corrected chi connectivity index (χ1v) is 7.78. The van der Waals surface area contributed by atoms with Gasteiger partial charge in [0.25, 0.3) is 0 Å². The number of likely N-dealkylation sites (tertiary alicyclic amines) is 1. The molecule has 0 saturated carbocycles. The van der Waals surface area contributed by atoms with Gasteiger partial charge in [0.1, 0.15) is 0 Å². The predicted octanol–water partition coefficient (Wildman–Crippen LogP) is 1.94. The molecule has 0 aromatic rings. The summed E-state index contributed by atoms with van der Waals surface area (Å²) in [6, 6.07) is 0.505. The summed E-state index contributed by atoms with van der Waals surface area (Å²) in [5.74, 6) is 0.315.